The number of hydrogen-bond acceptors (Lipinski definition) is 1. The molecule has 11 heavy (non-hydrogen) atoms. The van der Waals surface area contributed by atoms with E-state index in [1.165, 1.54) is 0 Å². The zero-order valence-corrected chi connectivity index (χ0v) is 6.67. The molecule has 59 valence electrons. The lowest BCUT2D eigenvalue weighted by Crippen LogP contribution is -2.00. The van der Waals surface area contributed by atoms with Gasteiger partial charge in [-0.2, -0.15) is 0 Å². The van der Waals surface area contributed by atoms with Crippen molar-refractivity contribution in [1.29, 1.82) is 0 Å². The van der Waals surface area contributed by atoms with Gasteiger partial charge in [0.05, 0.1) is 5.02 Å². The highest BCUT2D eigenvalue weighted by Crippen LogP contribution is 2.22. The first kappa shape index (κ1) is 8.37. The van der Waals surface area contributed by atoms with E-state index in [4.69, 9.17) is 16.3 Å². The van der Waals surface area contributed by atoms with E-state index in [9.17, 15) is 5.11 Å². The van der Waals surface area contributed by atoms with Gasteiger partial charge in [-0.15, -0.1) is 0 Å². The zero-order chi connectivity index (χ0) is 8.10. The first-order valence-electron chi connectivity index (χ1n) is 3.30. The highest BCUT2D eigenvalue weighted by molar-refractivity contribution is 6.32. The van der Waals surface area contributed by atoms with Crippen molar-refractivity contribution in [3.8, 4) is 5.75 Å². The van der Waals surface area contributed by atoms with Gasteiger partial charge in [0, 0.05) is 0 Å². The smallest absolute Gasteiger partial charge is 0.138 e. The maximum absolute atomic E-state index is 10.0. The summed E-state index contributed by atoms with van der Waals surface area (Å²) in [7, 11) is 0. The van der Waals surface area contributed by atoms with Crippen molar-refractivity contribution in [1.82, 2.24) is 0 Å². The van der Waals surface area contributed by atoms with E-state index in [2.05, 4.69) is 0 Å². The van der Waals surface area contributed by atoms with Gasteiger partial charge >= 0.3 is 0 Å². The standard InChI is InChI=1S/C8H8ClO2/c9-7-3-1-2-4-8(7)11-6-5-10/h1-4H,5-6H2. The van der Waals surface area contributed by atoms with E-state index < -0.39 is 0 Å². The van der Waals surface area contributed by atoms with Crippen LogP contribution in [0.25, 0.3) is 0 Å². The monoisotopic (exact) mass is 171 g/mol. The molecule has 0 atom stereocenters. The van der Waals surface area contributed by atoms with E-state index in [0.29, 0.717) is 10.8 Å². The summed E-state index contributed by atoms with van der Waals surface area (Å²) in [5.74, 6) is 0.574. The molecule has 0 fully saturated rings. The van der Waals surface area contributed by atoms with Crippen LogP contribution in [0.3, 0.4) is 0 Å². The average Bonchev–Trinajstić information content (AvgIpc) is 2.03. The van der Waals surface area contributed by atoms with Gasteiger partial charge in [0.25, 0.3) is 0 Å². The molecule has 0 saturated carbocycles. The molecule has 0 bridgehead atoms. The summed E-state index contributed by atoms with van der Waals surface area (Å²) in [5.41, 5.74) is 0. The molecule has 1 radical (unpaired) electrons. The van der Waals surface area contributed by atoms with Crippen LogP contribution < -0.4 is 4.74 Å². The number of rotatable bonds is 3. The third-order valence-electron chi connectivity index (χ3n) is 1.18. The third kappa shape index (κ3) is 2.41. The van der Waals surface area contributed by atoms with Gasteiger partial charge < -0.3 is 4.74 Å². The number of hydrogen-bond donors (Lipinski definition) is 0. The lowest BCUT2D eigenvalue weighted by atomic mass is 10.3. The molecule has 0 aliphatic rings. The van der Waals surface area contributed by atoms with E-state index in [-0.39, 0.29) is 13.2 Å². The van der Waals surface area contributed by atoms with Gasteiger partial charge in [-0.25, -0.2) is 5.11 Å². The summed E-state index contributed by atoms with van der Waals surface area (Å²) in [4.78, 5) is 0. The van der Waals surface area contributed by atoms with Crippen molar-refractivity contribution < 1.29 is 9.84 Å². The molecule has 2 nitrogen and oxygen atoms in total. The van der Waals surface area contributed by atoms with E-state index in [1.54, 1.807) is 12.1 Å². The zero-order valence-electron chi connectivity index (χ0n) is 5.92. The largest absolute Gasteiger partial charge is 0.489 e. The average molecular weight is 172 g/mol. The van der Waals surface area contributed by atoms with Crippen molar-refractivity contribution in [2.24, 2.45) is 0 Å². The molecular formula is C8H8ClO2. The Labute approximate surface area is 70.4 Å². The molecule has 3 heteroatoms. The Morgan fingerprint density at radius 2 is 2.09 bits per heavy atom. The SMILES string of the molecule is [O]CCOc1ccccc1Cl. The van der Waals surface area contributed by atoms with Gasteiger partial charge in [-0.3, -0.25) is 0 Å². The summed E-state index contributed by atoms with van der Waals surface area (Å²) in [6, 6.07) is 7.08. The number of ether oxygens (including phenoxy) is 1. The minimum atomic E-state index is -0.245. The second kappa shape index (κ2) is 4.21. The molecule has 0 aromatic heterocycles. The molecule has 0 heterocycles. The molecule has 1 rings (SSSR count). The molecule has 0 aliphatic heterocycles. The van der Waals surface area contributed by atoms with Crippen LogP contribution in [-0.2, 0) is 5.11 Å². The second-order valence-electron chi connectivity index (χ2n) is 1.98. The minimum Gasteiger partial charge on any atom is -0.489 e. The van der Waals surface area contributed by atoms with Gasteiger partial charge in [-0.05, 0) is 12.1 Å². The quantitative estimate of drug-likeness (QED) is 0.685. The highest BCUT2D eigenvalue weighted by atomic mass is 35.5. The molecule has 0 amide bonds. The Hall–Kier alpha value is -0.730. The van der Waals surface area contributed by atoms with E-state index in [0.717, 1.165) is 0 Å². The lowest BCUT2D eigenvalue weighted by Gasteiger charge is -2.03. The first-order chi connectivity index (χ1) is 5.34. The topological polar surface area (TPSA) is 29.1 Å². The van der Waals surface area contributed by atoms with Gasteiger partial charge in [-0.1, -0.05) is 23.7 Å². The molecule has 1 aromatic rings. The van der Waals surface area contributed by atoms with Crippen LogP contribution in [0.5, 0.6) is 5.75 Å². The summed E-state index contributed by atoms with van der Waals surface area (Å²) < 4.78 is 5.04. The normalized spacial score (nSPS) is 9.64. The minimum absolute atomic E-state index is 0.170. The van der Waals surface area contributed by atoms with Crippen molar-refractivity contribution >= 4 is 11.6 Å². The Morgan fingerprint density at radius 3 is 2.73 bits per heavy atom. The molecule has 1 aromatic carbocycles. The fourth-order valence-electron chi connectivity index (χ4n) is 0.713. The van der Waals surface area contributed by atoms with Crippen LogP contribution in [0.15, 0.2) is 24.3 Å². The van der Waals surface area contributed by atoms with Crippen LogP contribution in [0, 0.1) is 0 Å². The summed E-state index contributed by atoms with van der Waals surface area (Å²) in [6.45, 7) is -0.0744. The van der Waals surface area contributed by atoms with Crippen molar-refractivity contribution in [2.45, 2.75) is 0 Å². The van der Waals surface area contributed by atoms with E-state index >= 15 is 0 Å². The van der Waals surface area contributed by atoms with Crippen LogP contribution in [-0.4, -0.2) is 13.2 Å². The maximum atomic E-state index is 10.0. The first-order valence-corrected chi connectivity index (χ1v) is 3.68. The number of para-hydroxylation sites is 1. The van der Waals surface area contributed by atoms with Crippen molar-refractivity contribution in [3.63, 3.8) is 0 Å². The third-order valence-corrected chi connectivity index (χ3v) is 1.49. The van der Waals surface area contributed by atoms with Crippen molar-refractivity contribution in [2.75, 3.05) is 13.2 Å². The van der Waals surface area contributed by atoms with Crippen LogP contribution >= 0.6 is 11.6 Å². The van der Waals surface area contributed by atoms with Crippen LogP contribution in [0.1, 0.15) is 0 Å². The van der Waals surface area contributed by atoms with Gasteiger partial charge in [0.15, 0.2) is 0 Å². The highest BCUT2D eigenvalue weighted by Gasteiger charge is 1.97. The molecule has 0 unspecified atom stereocenters. The van der Waals surface area contributed by atoms with Gasteiger partial charge in [0.2, 0.25) is 0 Å². The Balaban J connectivity index is 2.62. The van der Waals surface area contributed by atoms with Crippen LogP contribution in [0.2, 0.25) is 5.02 Å². The maximum Gasteiger partial charge on any atom is 0.138 e. The summed E-state index contributed by atoms with van der Waals surface area (Å²) in [6.07, 6.45) is 0. The Morgan fingerprint density at radius 1 is 1.36 bits per heavy atom. The summed E-state index contributed by atoms with van der Waals surface area (Å²) >= 11 is 5.73. The fourth-order valence-corrected chi connectivity index (χ4v) is 0.904. The molecule has 0 saturated heterocycles. The lowest BCUT2D eigenvalue weighted by molar-refractivity contribution is 0.138. The van der Waals surface area contributed by atoms with Gasteiger partial charge in [0.1, 0.15) is 19.0 Å². The number of halogens is 1. The Bertz CT molecular complexity index is 225. The summed E-state index contributed by atoms with van der Waals surface area (Å²) in [5, 5.41) is 10.6. The fraction of sp³-hybridized carbons (Fsp3) is 0.250. The molecule has 0 aliphatic carbocycles. The predicted octanol–water partition coefficient (Wildman–Crippen LogP) is 2.15. The van der Waals surface area contributed by atoms with E-state index in [1.807, 2.05) is 12.1 Å². The molecule has 0 spiro atoms. The molecular weight excluding hydrogens is 164 g/mol. The Kier molecular flexibility index (Phi) is 3.20. The second-order valence-corrected chi connectivity index (χ2v) is 2.39. The molecule has 0 N–H and O–H groups in total. The van der Waals surface area contributed by atoms with Crippen molar-refractivity contribution in [3.05, 3.63) is 29.3 Å². The van der Waals surface area contributed by atoms with Crippen LogP contribution in [0.4, 0.5) is 0 Å². The predicted molar refractivity (Wildman–Crippen MR) is 42.5 cm³/mol. The number of benzene rings is 1.